The van der Waals surface area contributed by atoms with E-state index in [4.69, 9.17) is 11.6 Å². The molecular formula is C15H18ClN3. The van der Waals surface area contributed by atoms with E-state index < -0.39 is 0 Å². The zero-order valence-electron chi connectivity index (χ0n) is 11.4. The monoisotopic (exact) mass is 275 g/mol. The van der Waals surface area contributed by atoms with Crippen LogP contribution in [0.25, 0.3) is 0 Å². The standard InChI is InChI=1S/C15H18ClN3/c1-11-4-5-13(8-15(11)19(2)3)18-9-12-6-7-17-10-14(12)16/h4-8,10,18H,9H2,1-3H3. The summed E-state index contributed by atoms with van der Waals surface area (Å²) in [6.07, 6.45) is 3.42. The van der Waals surface area contributed by atoms with Crippen LogP contribution in [0.5, 0.6) is 0 Å². The van der Waals surface area contributed by atoms with Crippen LogP contribution in [0, 0.1) is 6.92 Å². The van der Waals surface area contributed by atoms with Gasteiger partial charge in [0.05, 0.1) is 5.02 Å². The number of halogens is 1. The summed E-state index contributed by atoms with van der Waals surface area (Å²) >= 11 is 6.09. The Morgan fingerprint density at radius 3 is 2.74 bits per heavy atom. The minimum Gasteiger partial charge on any atom is -0.381 e. The smallest absolute Gasteiger partial charge is 0.0639 e. The summed E-state index contributed by atoms with van der Waals surface area (Å²) in [5.74, 6) is 0. The number of rotatable bonds is 4. The van der Waals surface area contributed by atoms with E-state index in [1.165, 1.54) is 11.3 Å². The number of hydrogen-bond acceptors (Lipinski definition) is 3. The first-order valence-electron chi connectivity index (χ1n) is 6.18. The molecule has 0 amide bonds. The topological polar surface area (TPSA) is 28.2 Å². The number of benzene rings is 1. The molecule has 100 valence electrons. The van der Waals surface area contributed by atoms with Gasteiger partial charge in [-0.25, -0.2) is 0 Å². The third-order valence-corrected chi connectivity index (χ3v) is 3.37. The van der Waals surface area contributed by atoms with E-state index in [9.17, 15) is 0 Å². The van der Waals surface area contributed by atoms with Crippen molar-refractivity contribution in [1.29, 1.82) is 0 Å². The minimum atomic E-state index is 0.690. The molecule has 2 aromatic rings. The number of nitrogens with one attached hydrogen (secondary N) is 1. The molecular weight excluding hydrogens is 258 g/mol. The second-order valence-corrected chi connectivity index (χ2v) is 5.12. The minimum absolute atomic E-state index is 0.690. The first-order chi connectivity index (χ1) is 9.08. The molecule has 1 aromatic carbocycles. The quantitative estimate of drug-likeness (QED) is 0.922. The van der Waals surface area contributed by atoms with Gasteiger partial charge >= 0.3 is 0 Å². The van der Waals surface area contributed by atoms with Crippen molar-refractivity contribution in [3.63, 3.8) is 0 Å². The molecule has 1 aromatic heterocycles. The van der Waals surface area contributed by atoms with Crippen molar-refractivity contribution in [3.8, 4) is 0 Å². The van der Waals surface area contributed by atoms with Crippen molar-refractivity contribution in [3.05, 3.63) is 52.8 Å². The van der Waals surface area contributed by atoms with Crippen molar-refractivity contribution < 1.29 is 0 Å². The van der Waals surface area contributed by atoms with Gasteiger partial charge in [-0.1, -0.05) is 17.7 Å². The van der Waals surface area contributed by atoms with Crippen LogP contribution < -0.4 is 10.2 Å². The second kappa shape index (κ2) is 5.93. The van der Waals surface area contributed by atoms with Gasteiger partial charge < -0.3 is 10.2 Å². The Hall–Kier alpha value is -1.74. The van der Waals surface area contributed by atoms with Gasteiger partial charge in [-0.2, -0.15) is 0 Å². The lowest BCUT2D eigenvalue weighted by atomic mass is 10.1. The van der Waals surface area contributed by atoms with Gasteiger partial charge in [-0.15, -0.1) is 0 Å². The van der Waals surface area contributed by atoms with Crippen molar-refractivity contribution in [2.75, 3.05) is 24.3 Å². The zero-order chi connectivity index (χ0) is 13.8. The summed E-state index contributed by atoms with van der Waals surface area (Å²) in [5, 5.41) is 4.08. The molecule has 0 atom stereocenters. The lowest BCUT2D eigenvalue weighted by Crippen LogP contribution is -2.11. The van der Waals surface area contributed by atoms with Crippen molar-refractivity contribution in [2.45, 2.75) is 13.5 Å². The van der Waals surface area contributed by atoms with Crippen molar-refractivity contribution >= 4 is 23.0 Å². The fraction of sp³-hybridized carbons (Fsp3) is 0.267. The summed E-state index contributed by atoms with van der Waals surface area (Å²) in [6, 6.07) is 8.27. The van der Waals surface area contributed by atoms with E-state index in [2.05, 4.69) is 40.3 Å². The van der Waals surface area contributed by atoms with Crippen LogP contribution in [-0.4, -0.2) is 19.1 Å². The molecule has 3 nitrogen and oxygen atoms in total. The third kappa shape index (κ3) is 3.38. The largest absolute Gasteiger partial charge is 0.381 e. The zero-order valence-corrected chi connectivity index (χ0v) is 12.2. The van der Waals surface area contributed by atoms with Crippen molar-refractivity contribution in [1.82, 2.24) is 4.98 Å². The van der Waals surface area contributed by atoms with E-state index in [0.717, 1.165) is 11.3 Å². The molecule has 0 aliphatic heterocycles. The first-order valence-corrected chi connectivity index (χ1v) is 6.56. The van der Waals surface area contributed by atoms with Crippen LogP contribution in [0.2, 0.25) is 5.02 Å². The molecule has 0 saturated carbocycles. The summed E-state index contributed by atoms with van der Waals surface area (Å²) in [4.78, 5) is 6.09. The third-order valence-electron chi connectivity index (χ3n) is 3.03. The fourth-order valence-electron chi connectivity index (χ4n) is 1.95. The van der Waals surface area contributed by atoms with E-state index in [1.54, 1.807) is 12.4 Å². The predicted molar refractivity (Wildman–Crippen MR) is 82.1 cm³/mol. The molecule has 0 bridgehead atoms. The second-order valence-electron chi connectivity index (χ2n) is 4.72. The maximum Gasteiger partial charge on any atom is 0.0639 e. The Balaban J connectivity index is 2.12. The molecule has 0 radical (unpaired) electrons. The van der Waals surface area contributed by atoms with Crippen LogP contribution in [-0.2, 0) is 6.54 Å². The summed E-state index contributed by atoms with van der Waals surface area (Å²) < 4.78 is 0. The maximum absolute atomic E-state index is 6.09. The number of pyridine rings is 1. The van der Waals surface area contributed by atoms with Gasteiger partial charge in [-0.3, -0.25) is 4.98 Å². The Morgan fingerprint density at radius 2 is 2.05 bits per heavy atom. The molecule has 2 rings (SSSR count). The highest BCUT2D eigenvalue weighted by Gasteiger charge is 2.03. The Labute approximate surface area is 119 Å². The highest BCUT2D eigenvalue weighted by Crippen LogP contribution is 2.23. The fourth-order valence-corrected chi connectivity index (χ4v) is 2.13. The molecule has 0 fully saturated rings. The van der Waals surface area contributed by atoms with Gasteiger partial charge in [0.25, 0.3) is 0 Å². The van der Waals surface area contributed by atoms with Crippen molar-refractivity contribution in [2.24, 2.45) is 0 Å². The summed E-state index contributed by atoms with van der Waals surface area (Å²) in [6.45, 7) is 2.80. The maximum atomic E-state index is 6.09. The van der Waals surface area contributed by atoms with E-state index >= 15 is 0 Å². The van der Waals surface area contributed by atoms with Gasteiger partial charge in [0.2, 0.25) is 0 Å². The average Bonchev–Trinajstić information content (AvgIpc) is 2.39. The predicted octanol–water partition coefficient (Wildman–Crippen LogP) is 3.72. The van der Waals surface area contributed by atoms with E-state index in [-0.39, 0.29) is 0 Å². The first kappa shape index (κ1) is 13.7. The average molecular weight is 276 g/mol. The number of aromatic nitrogens is 1. The van der Waals surface area contributed by atoms with E-state index in [1.807, 2.05) is 20.2 Å². The van der Waals surface area contributed by atoms with Crippen LogP contribution >= 0.6 is 11.6 Å². The Kier molecular flexibility index (Phi) is 4.27. The number of aryl methyl sites for hydroxylation is 1. The number of hydrogen-bond donors (Lipinski definition) is 1. The van der Waals surface area contributed by atoms with Gasteiger partial charge in [0, 0.05) is 44.4 Å². The molecule has 0 aliphatic carbocycles. The summed E-state index contributed by atoms with van der Waals surface area (Å²) in [7, 11) is 4.09. The number of nitrogens with zero attached hydrogens (tertiary/aromatic N) is 2. The highest BCUT2D eigenvalue weighted by atomic mass is 35.5. The van der Waals surface area contributed by atoms with Gasteiger partial charge in [0.1, 0.15) is 0 Å². The van der Waals surface area contributed by atoms with Crippen LogP contribution in [0.3, 0.4) is 0 Å². The SMILES string of the molecule is Cc1ccc(NCc2ccncc2Cl)cc1N(C)C. The molecule has 0 spiro atoms. The normalized spacial score (nSPS) is 10.3. The van der Waals surface area contributed by atoms with Crippen LogP contribution in [0.4, 0.5) is 11.4 Å². The van der Waals surface area contributed by atoms with Crippen LogP contribution in [0.1, 0.15) is 11.1 Å². The molecule has 19 heavy (non-hydrogen) atoms. The lowest BCUT2D eigenvalue weighted by Gasteiger charge is -2.17. The molecule has 1 N–H and O–H groups in total. The molecule has 0 saturated heterocycles. The van der Waals surface area contributed by atoms with Crippen LogP contribution in [0.15, 0.2) is 36.7 Å². The van der Waals surface area contributed by atoms with Gasteiger partial charge in [-0.05, 0) is 36.2 Å². The molecule has 0 aliphatic rings. The molecule has 4 heteroatoms. The number of anilines is 2. The molecule has 0 unspecified atom stereocenters. The Bertz CT molecular complexity index is 567. The Morgan fingerprint density at radius 1 is 1.26 bits per heavy atom. The van der Waals surface area contributed by atoms with Gasteiger partial charge in [0.15, 0.2) is 0 Å². The molecule has 1 heterocycles. The highest BCUT2D eigenvalue weighted by molar-refractivity contribution is 6.31. The summed E-state index contributed by atoms with van der Waals surface area (Å²) in [5.41, 5.74) is 4.61. The van der Waals surface area contributed by atoms with E-state index in [0.29, 0.717) is 11.6 Å². The lowest BCUT2D eigenvalue weighted by molar-refractivity contribution is 1.10.